The van der Waals surface area contributed by atoms with E-state index < -0.39 is 12.0 Å². The van der Waals surface area contributed by atoms with Crippen LogP contribution in [0.2, 0.25) is 5.02 Å². The number of thioether (sulfide) groups is 1. The fourth-order valence-electron chi connectivity index (χ4n) is 2.88. The first-order valence-electron chi connectivity index (χ1n) is 9.24. The van der Waals surface area contributed by atoms with Crippen LogP contribution in [0.25, 0.3) is 6.08 Å². The van der Waals surface area contributed by atoms with Crippen LogP contribution in [0.5, 0.6) is 11.5 Å². The van der Waals surface area contributed by atoms with E-state index in [4.69, 9.17) is 38.0 Å². The molecule has 0 aromatic heterocycles. The number of thiocarbonyl (C=S) groups is 1. The summed E-state index contributed by atoms with van der Waals surface area (Å²) >= 11 is 12.3. The summed E-state index contributed by atoms with van der Waals surface area (Å²) in [6.45, 7) is 1.94. The van der Waals surface area contributed by atoms with Gasteiger partial charge in [0.1, 0.15) is 17.0 Å². The van der Waals surface area contributed by atoms with Crippen molar-refractivity contribution in [3.05, 3.63) is 63.5 Å². The van der Waals surface area contributed by atoms with Gasteiger partial charge in [0.2, 0.25) is 0 Å². The van der Waals surface area contributed by atoms with Gasteiger partial charge in [0.25, 0.3) is 5.91 Å². The van der Waals surface area contributed by atoms with Gasteiger partial charge in [-0.2, -0.15) is 0 Å². The third-order valence-corrected chi connectivity index (χ3v) is 6.13. The fraction of sp³-hybridized carbons (Fsp3) is 0.227. The van der Waals surface area contributed by atoms with E-state index in [9.17, 15) is 9.59 Å². The number of rotatable bonds is 7. The van der Waals surface area contributed by atoms with Crippen molar-refractivity contribution in [1.82, 2.24) is 4.90 Å². The highest BCUT2D eigenvalue weighted by atomic mass is 35.5. The molecule has 162 valence electrons. The summed E-state index contributed by atoms with van der Waals surface area (Å²) in [4.78, 5) is 26.3. The smallest absolute Gasteiger partial charge is 0.328 e. The Morgan fingerprint density at radius 3 is 2.55 bits per heavy atom. The highest BCUT2D eigenvalue weighted by molar-refractivity contribution is 8.26. The topological polar surface area (TPSA) is 65.1 Å². The van der Waals surface area contributed by atoms with Crippen LogP contribution in [0.3, 0.4) is 0 Å². The number of hydrogen-bond donors (Lipinski definition) is 0. The van der Waals surface area contributed by atoms with E-state index >= 15 is 0 Å². The molecule has 9 heteroatoms. The van der Waals surface area contributed by atoms with Gasteiger partial charge in [0.15, 0.2) is 11.5 Å². The summed E-state index contributed by atoms with van der Waals surface area (Å²) in [6.07, 6.45) is 1.70. The first-order chi connectivity index (χ1) is 14.8. The molecule has 1 aliphatic rings. The van der Waals surface area contributed by atoms with Gasteiger partial charge in [-0.05, 0) is 48.4 Å². The average Bonchev–Trinajstić information content (AvgIpc) is 3.05. The molecule has 1 atom stereocenters. The molecule has 1 saturated heterocycles. The van der Waals surface area contributed by atoms with E-state index in [1.165, 1.54) is 12.0 Å². The van der Waals surface area contributed by atoms with Crippen LogP contribution in [0.4, 0.5) is 0 Å². The predicted octanol–water partition coefficient (Wildman–Crippen LogP) is 4.69. The van der Waals surface area contributed by atoms with Crippen molar-refractivity contribution in [1.29, 1.82) is 0 Å². The summed E-state index contributed by atoms with van der Waals surface area (Å²) in [5, 5.41) is 0.664. The Morgan fingerprint density at radius 2 is 1.90 bits per heavy atom. The maximum absolute atomic E-state index is 12.8. The molecule has 6 nitrogen and oxygen atoms in total. The van der Waals surface area contributed by atoms with Crippen molar-refractivity contribution < 1.29 is 23.8 Å². The minimum atomic E-state index is -0.790. The van der Waals surface area contributed by atoms with Crippen molar-refractivity contribution in [3.8, 4) is 11.5 Å². The Kier molecular flexibility index (Phi) is 7.59. The predicted molar refractivity (Wildman–Crippen MR) is 125 cm³/mol. The minimum absolute atomic E-state index is 0.309. The molecule has 0 radical (unpaired) electrons. The number of nitrogens with zero attached hydrogens (tertiary/aromatic N) is 1. The Bertz CT molecular complexity index is 1040. The van der Waals surface area contributed by atoms with Gasteiger partial charge in [-0.25, -0.2) is 4.79 Å². The second kappa shape index (κ2) is 10.2. The van der Waals surface area contributed by atoms with Gasteiger partial charge in [-0.3, -0.25) is 9.69 Å². The standard InChI is InChI=1S/C22H20ClNO5S2/c1-13(21(26)28-3)24-20(25)19(31-22(24)30)11-15-6-9-17(18(10-15)27-2)29-12-14-4-7-16(23)8-5-14/h4-11,13H,12H2,1-3H3/b19-11-/t13-/m1/s1. The molecule has 0 spiro atoms. The van der Waals surface area contributed by atoms with E-state index in [1.54, 1.807) is 44.4 Å². The lowest BCUT2D eigenvalue weighted by Crippen LogP contribution is -2.42. The third-order valence-electron chi connectivity index (χ3n) is 4.55. The SMILES string of the molecule is COC(=O)[C@@H](C)N1C(=O)/C(=C/c2ccc(OCc3ccc(Cl)cc3)c(OC)c2)SC1=S. The monoisotopic (exact) mass is 477 g/mol. The quantitative estimate of drug-likeness (QED) is 0.325. The first-order valence-corrected chi connectivity index (χ1v) is 10.8. The van der Waals surface area contributed by atoms with Gasteiger partial charge in [0.05, 0.1) is 19.1 Å². The Balaban J connectivity index is 1.76. The fourth-order valence-corrected chi connectivity index (χ4v) is 4.42. The third kappa shape index (κ3) is 5.39. The Morgan fingerprint density at radius 1 is 1.19 bits per heavy atom. The molecule has 0 bridgehead atoms. The largest absolute Gasteiger partial charge is 0.493 e. The number of carbonyl (C=O) groups excluding carboxylic acids is 2. The van der Waals surface area contributed by atoms with E-state index in [0.717, 1.165) is 22.9 Å². The zero-order valence-electron chi connectivity index (χ0n) is 17.1. The van der Waals surface area contributed by atoms with Crippen LogP contribution in [-0.2, 0) is 20.9 Å². The first kappa shape index (κ1) is 23.1. The number of benzene rings is 2. The van der Waals surface area contributed by atoms with Crippen molar-refractivity contribution in [3.63, 3.8) is 0 Å². The number of methoxy groups -OCH3 is 2. The lowest BCUT2D eigenvalue weighted by atomic mass is 10.1. The van der Waals surface area contributed by atoms with Crippen molar-refractivity contribution in [2.24, 2.45) is 0 Å². The van der Waals surface area contributed by atoms with Crippen LogP contribution in [-0.4, -0.2) is 41.4 Å². The van der Waals surface area contributed by atoms with Gasteiger partial charge in [-0.15, -0.1) is 0 Å². The van der Waals surface area contributed by atoms with Crippen LogP contribution in [0, 0.1) is 0 Å². The summed E-state index contributed by atoms with van der Waals surface area (Å²) in [5.41, 5.74) is 1.71. The van der Waals surface area contributed by atoms with Crippen LogP contribution in [0.15, 0.2) is 47.4 Å². The van der Waals surface area contributed by atoms with Crippen molar-refractivity contribution >= 4 is 57.9 Å². The minimum Gasteiger partial charge on any atom is -0.493 e. The Labute approximate surface area is 195 Å². The number of halogens is 1. The number of hydrogen-bond acceptors (Lipinski definition) is 7. The molecular formula is C22H20ClNO5S2. The zero-order chi connectivity index (χ0) is 22.5. The highest BCUT2D eigenvalue weighted by Crippen LogP contribution is 2.36. The maximum atomic E-state index is 12.8. The van der Waals surface area contributed by atoms with Crippen LogP contribution in [0.1, 0.15) is 18.1 Å². The van der Waals surface area contributed by atoms with Crippen LogP contribution < -0.4 is 9.47 Å². The molecule has 0 N–H and O–H groups in total. The highest BCUT2D eigenvalue weighted by Gasteiger charge is 2.38. The molecule has 1 amide bonds. The zero-order valence-corrected chi connectivity index (χ0v) is 19.5. The van der Waals surface area contributed by atoms with E-state index in [-0.39, 0.29) is 5.91 Å². The molecule has 1 aliphatic heterocycles. The van der Waals surface area contributed by atoms with Gasteiger partial charge in [-0.1, -0.05) is 53.8 Å². The lowest BCUT2D eigenvalue weighted by molar-refractivity contribution is -0.147. The maximum Gasteiger partial charge on any atom is 0.328 e. The van der Waals surface area contributed by atoms with Gasteiger partial charge >= 0.3 is 5.97 Å². The van der Waals surface area contributed by atoms with Gasteiger partial charge < -0.3 is 14.2 Å². The molecule has 0 saturated carbocycles. The number of carbonyl (C=O) groups is 2. The van der Waals surface area contributed by atoms with Crippen molar-refractivity contribution in [2.45, 2.75) is 19.6 Å². The molecular weight excluding hydrogens is 458 g/mol. The molecule has 2 aromatic carbocycles. The van der Waals surface area contributed by atoms with Crippen LogP contribution >= 0.6 is 35.6 Å². The normalized spacial score (nSPS) is 15.9. The van der Waals surface area contributed by atoms with Crippen molar-refractivity contribution in [2.75, 3.05) is 14.2 Å². The number of esters is 1. The second-order valence-corrected chi connectivity index (χ2v) is 8.69. The van der Waals surface area contributed by atoms with E-state index in [1.807, 2.05) is 18.2 Å². The summed E-state index contributed by atoms with van der Waals surface area (Å²) in [7, 11) is 2.82. The van der Waals surface area contributed by atoms with Gasteiger partial charge in [0, 0.05) is 5.02 Å². The molecule has 0 aliphatic carbocycles. The summed E-state index contributed by atoms with van der Waals surface area (Å²) < 4.78 is 16.3. The second-order valence-electron chi connectivity index (χ2n) is 6.58. The molecule has 3 rings (SSSR count). The number of amides is 1. The summed E-state index contributed by atoms with van der Waals surface area (Å²) in [6, 6.07) is 12.0. The average molecular weight is 478 g/mol. The van der Waals surface area contributed by atoms with E-state index in [2.05, 4.69) is 0 Å². The Hall–Kier alpha value is -2.55. The molecule has 2 aromatic rings. The molecule has 1 fully saturated rings. The summed E-state index contributed by atoms with van der Waals surface area (Å²) in [5.74, 6) is 0.235. The number of ether oxygens (including phenoxy) is 3. The molecule has 0 unspecified atom stereocenters. The molecule has 31 heavy (non-hydrogen) atoms. The molecule has 1 heterocycles. The lowest BCUT2D eigenvalue weighted by Gasteiger charge is -2.20. The van der Waals surface area contributed by atoms with E-state index in [0.29, 0.717) is 32.4 Å².